The molecular weight excluding hydrogens is 240 g/mol. The van der Waals surface area contributed by atoms with Crippen LogP contribution in [0.25, 0.3) is 11.0 Å². The molecule has 0 atom stereocenters. The number of hydrogen-bond donors (Lipinski definition) is 1. The lowest BCUT2D eigenvalue weighted by molar-refractivity contribution is 0.299. The van der Waals surface area contributed by atoms with Crippen LogP contribution in [0.15, 0.2) is 53.2 Å². The van der Waals surface area contributed by atoms with Crippen molar-refractivity contribution in [3.05, 3.63) is 60.1 Å². The van der Waals surface area contributed by atoms with Crippen LogP contribution < -0.4 is 10.5 Å². The second-order valence-electron chi connectivity index (χ2n) is 4.20. The Balaban J connectivity index is 1.91. The lowest BCUT2D eigenvalue weighted by Gasteiger charge is -2.05. The van der Waals surface area contributed by atoms with Gasteiger partial charge in [-0.1, -0.05) is 12.1 Å². The van der Waals surface area contributed by atoms with Crippen molar-refractivity contribution in [2.24, 2.45) is 5.73 Å². The number of nitrogens with zero attached hydrogens (tertiary/aromatic N) is 1. The molecule has 0 bridgehead atoms. The Kier molecular flexibility index (Phi) is 3.16. The van der Waals surface area contributed by atoms with Crippen LogP contribution in [0.2, 0.25) is 0 Å². The largest absolute Gasteiger partial charge is 0.485 e. The van der Waals surface area contributed by atoms with Gasteiger partial charge in [0, 0.05) is 12.4 Å². The van der Waals surface area contributed by atoms with Crippen LogP contribution in [0.5, 0.6) is 5.75 Å². The Morgan fingerprint density at radius 1 is 1.11 bits per heavy atom. The van der Waals surface area contributed by atoms with Crippen LogP contribution in [0.3, 0.4) is 0 Å². The molecule has 4 nitrogen and oxygen atoms in total. The maximum absolute atomic E-state index is 5.87. The van der Waals surface area contributed by atoms with E-state index in [2.05, 4.69) is 4.98 Å². The van der Waals surface area contributed by atoms with Gasteiger partial charge in [0.2, 0.25) is 0 Å². The van der Waals surface area contributed by atoms with Crippen LogP contribution in [-0.2, 0) is 13.2 Å². The third-order valence-electron chi connectivity index (χ3n) is 2.94. The maximum Gasteiger partial charge on any atom is 0.170 e. The molecule has 2 heterocycles. The summed E-state index contributed by atoms with van der Waals surface area (Å²) in [5, 5.41) is 0.956. The van der Waals surface area contributed by atoms with E-state index in [1.807, 2.05) is 36.4 Å². The van der Waals surface area contributed by atoms with E-state index in [1.165, 1.54) is 0 Å². The number of fused-ring (bicyclic) bond motifs is 1. The Bertz CT molecular complexity index is 677. The molecule has 0 radical (unpaired) electrons. The minimum absolute atomic E-state index is 0.320. The minimum atomic E-state index is 0.320. The Labute approximate surface area is 110 Å². The van der Waals surface area contributed by atoms with Gasteiger partial charge < -0.3 is 14.9 Å². The van der Waals surface area contributed by atoms with Crippen LogP contribution >= 0.6 is 0 Å². The number of benzene rings is 1. The number of para-hydroxylation sites is 1. The molecule has 0 saturated carbocycles. The number of hydrogen-bond acceptors (Lipinski definition) is 4. The first-order chi connectivity index (χ1) is 9.38. The normalized spacial score (nSPS) is 10.8. The Morgan fingerprint density at radius 2 is 1.89 bits per heavy atom. The van der Waals surface area contributed by atoms with Crippen LogP contribution in [0.1, 0.15) is 11.3 Å². The van der Waals surface area contributed by atoms with Gasteiger partial charge >= 0.3 is 0 Å². The number of pyridine rings is 1. The standard InChI is InChI=1S/C15H14N2O2/c16-9-14-15(12-3-1-2-4-13(12)19-14)18-10-11-5-7-17-8-6-11/h1-8H,9-10,16H2. The van der Waals surface area contributed by atoms with Gasteiger partial charge in [-0.15, -0.1) is 0 Å². The molecule has 96 valence electrons. The van der Waals surface area contributed by atoms with E-state index in [4.69, 9.17) is 14.9 Å². The van der Waals surface area contributed by atoms with Crippen molar-refractivity contribution in [3.8, 4) is 5.75 Å². The fraction of sp³-hybridized carbons (Fsp3) is 0.133. The molecule has 3 rings (SSSR count). The van der Waals surface area contributed by atoms with Crippen molar-refractivity contribution in [1.29, 1.82) is 0 Å². The molecule has 0 spiro atoms. The van der Waals surface area contributed by atoms with Gasteiger partial charge in [0.15, 0.2) is 11.5 Å². The summed E-state index contributed by atoms with van der Waals surface area (Å²) in [6.07, 6.45) is 3.49. The number of nitrogens with two attached hydrogens (primary N) is 1. The summed E-state index contributed by atoms with van der Waals surface area (Å²) in [5.74, 6) is 1.41. The van der Waals surface area contributed by atoms with E-state index in [9.17, 15) is 0 Å². The molecule has 2 N–H and O–H groups in total. The van der Waals surface area contributed by atoms with Crippen molar-refractivity contribution in [2.75, 3.05) is 0 Å². The summed E-state index contributed by atoms with van der Waals surface area (Å²) >= 11 is 0. The average Bonchev–Trinajstić information content (AvgIpc) is 2.84. The van der Waals surface area contributed by atoms with E-state index in [1.54, 1.807) is 12.4 Å². The molecule has 0 saturated heterocycles. The molecule has 19 heavy (non-hydrogen) atoms. The predicted octanol–water partition coefficient (Wildman–Crippen LogP) is 2.87. The molecule has 0 amide bonds. The SMILES string of the molecule is NCc1oc2ccccc2c1OCc1ccncc1. The van der Waals surface area contributed by atoms with Crippen molar-refractivity contribution >= 4 is 11.0 Å². The van der Waals surface area contributed by atoms with Crippen LogP contribution in [0.4, 0.5) is 0 Å². The zero-order valence-electron chi connectivity index (χ0n) is 10.4. The summed E-state index contributed by atoms with van der Waals surface area (Å²) in [7, 11) is 0. The molecule has 0 aliphatic heterocycles. The summed E-state index contributed by atoms with van der Waals surface area (Å²) in [5.41, 5.74) is 7.56. The molecular formula is C15H14N2O2. The van der Waals surface area contributed by atoms with Gasteiger partial charge in [-0.3, -0.25) is 4.98 Å². The third-order valence-corrected chi connectivity index (χ3v) is 2.94. The van der Waals surface area contributed by atoms with Gasteiger partial charge in [-0.05, 0) is 29.8 Å². The fourth-order valence-electron chi connectivity index (χ4n) is 2.00. The molecule has 3 aromatic rings. The smallest absolute Gasteiger partial charge is 0.170 e. The molecule has 0 aliphatic rings. The highest BCUT2D eigenvalue weighted by molar-refractivity contribution is 5.85. The fourth-order valence-corrected chi connectivity index (χ4v) is 2.00. The lowest BCUT2D eigenvalue weighted by atomic mass is 10.2. The van der Waals surface area contributed by atoms with Crippen molar-refractivity contribution in [2.45, 2.75) is 13.2 Å². The van der Waals surface area contributed by atoms with Gasteiger partial charge in [-0.2, -0.15) is 0 Å². The molecule has 0 aliphatic carbocycles. The van der Waals surface area contributed by atoms with Crippen molar-refractivity contribution < 1.29 is 9.15 Å². The summed E-state index contributed by atoms with van der Waals surface area (Å²) in [4.78, 5) is 3.98. The first-order valence-electron chi connectivity index (χ1n) is 6.10. The molecule has 1 aromatic carbocycles. The summed E-state index contributed by atoms with van der Waals surface area (Å²) < 4.78 is 11.5. The molecule has 2 aromatic heterocycles. The lowest BCUT2D eigenvalue weighted by Crippen LogP contribution is -2.00. The van der Waals surface area contributed by atoms with E-state index in [-0.39, 0.29) is 0 Å². The first-order valence-corrected chi connectivity index (χ1v) is 6.10. The quantitative estimate of drug-likeness (QED) is 0.777. The van der Waals surface area contributed by atoms with Gasteiger partial charge in [0.05, 0.1) is 11.9 Å². The highest BCUT2D eigenvalue weighted by Crippen LogP contribution is 2.33. The van der Waals surface area contributed by atoms with Gasteiger partial charge in [0.1, 0.15) is 12.2 Å². The molecule has 0 fully saturated rings. The minimum Gasteiger partial charge on any atom is -0.485 e. The Hall–Kier alpha value is -2.33. The van der Waals surface area contributed by atoms with Gasteiger partial charge in [-0.25, -0.2) is 0 Å². The van der Waals surface area contributed by atoms with Crippen molar-refractivity contribution in [1.82, 2.24) is 4.98 Å². The third kappa shape index (κ3) is 2.30. The topological polar surface area (TPSA) is 61.3 Å². The van der Waals surface area contributed by atoms with E-state index in [0.717, 1.165) is 22.3 Å². The monoisotopic (exact) mass is 254 g/mol. The second-order valence-corrected chi connectivity index (χ2v) is 4.20. The van der Waals surface area contributed by atoms with E-state index in [0.29, 0.717) is 18.9 Å². The number of furan rings is 1. The highest BCUT2D eigenvalue weighted by Gasteiger charge is 2.13. The van der Waals surface area contributed by atoms with Gasteiger partial charge in [0.25, 0.3) is 0 Å². The zero-order valence-corrected chi connectivity index (χ0v) is 10.4. The van der Waals surface area contributed by atoms with Crippen molar-refractivity contribution in [3.63, 3.8) is 0 Å². The first kappa shape index (κ1) is 11.7. The number of rotatable bonds is 4. The van der Waals surface area contributed by atoms with Crippen LogP contribution in [-0.4, -0.2) is 4.98 Å². The zero-order chi connectivity index (χ0) is 13.1. The van der Waals surface area contributed by atoms with E-state index < -0.39 is 0 Å². The molecule has 0 unspecified atom stereocenters. The highest BCUT2D eigenvalue weighted by atomic mass is 16.5. The summed E-state index contributed by atoms with van der Waals surface area (Å²) in [6.45, 7) is 0.791. The summed E-state index contributed by atoms with van der Waals surface area (Å²) in [6, 6.07) is 11.6. The maximum atomic E-state index is 5.87. The Morgan fingerprint density at radius 3 is 2.68 bits per heavy atom. The molecule has 4 heteroatoms. The number of aromatic nitrogens is 1. The number of ether oxygens (including phenoxy) is 1. The van der Waals surface area contributed by atoms with E-state index >= 15 is 0 Å². The predicted molar refractivity (Wildman–Crippen MR) is 72.7 cm³/mol. The average molecular weight is 254 g/mol. The second kappa shape index (κ2) is 5.12. The van der Waals surface area contributed by atoms with Crippen LogP contribution in [0, 0.1) is 0 Å².